The Balaban J connectivity index is 1.42. The first-order valence-corrected chi connectivity index (χ1v) is 8.77. The number of carbonyl (C=O) groups is 2. The van der Waals surface area contributed by atoms with E-state index in [4.69, 9.17) is 0 Å². The predicted molar refractivity (Wildman–Crippen MR) is 92.7 cm³/mol. The van der Waals surface area contributed by atoms with Crippen LogP contribution in [0.5, 0.6) is 0 Å². The fraction of sp³-hybridized carbons (Fsp3) is 0.350. The molecule has 2 heterocycles. The van der Waals surface area contributed by atoms with Crippen molar-refractivity contribution in [3.63, 3.8) is 0 Å². The molecular formula is C20H19N3O2. The van der Waals surface area contributed by atoms with Crippen molar-refractivity contribution in [1.29, 1.82) is 0 Å². The van der Waals surface area contributed by atoms with Crippen molar-refractivity contribution < 1.29 is 9.59 Å². The van der Waals surface area contributed by atoms with Gasteiger partial charge in [-0.25, -0.2) is 4.90 Å². The normalized spacial score (nSPS) is 29.7. The summed E-state index contributed by atoms with van der Waals surface area (Å²) in [5.41, 5.74) is 2.38. The molecule has 5 heteroatoms. The topological polar surface area (TPSA) is 55.2 Å². The summed E-state index contributed by atoms with van der Waals surface area (Å²) in [5, 5.41) is 4.51. The van der Waals surface area contributed by atoms with Crippen LogP contribution in [0.4, 0.5) is 5.82 Å². The van der Waals surface area contributed by atoms with Crippen molar-refractivity contribution in [2.45, 2.75) is 19.9 Å². The second-order valence-corrected chi connectivity index (χ2v) is 7.31. The molecule has 126 valence electrons. The van der Waals surface area contributed by atoms with E-state index in [1.165, 1.54) is 16.0 Å². The number of fused-ring (bicyclic) bond motifs is 5. The van der Waals surface area contributed by atoms with Gasteiger partial charge < -0.3 is 0 Å². The largest absolute Gasteiger partial charge is 0.274 e. The number of aryl methyl sites for hydroxylation is 1. The Morgan fingerprint density at radius 3 is 2.40 bits per heavy atom. The van der Waals surface area contributed by atoms with Gasteiger partial charge in [-0.2, -0.15) is 5.10 Å². The summed E-state index contributed by atoms with van der Waals surface area (Å²) in [7, 11) is 0. The lowest BCUT2D eigenvalue weighted by atomic mass is 9.85. The summed E-state index contributed by atoms with van der Waals surface area (Å²) < 4.78 is 1.79. The predicted octanol–water partition coefficient (Wildman–Crippen LogP) is 2.55. The van der Waals surface area contributed by atoms with E-state index in [0.29, 0.717) is 12.4 Å². The number of hydrogen-bond acceptors (Lipinski definition) is 3. The highest BCUT2D eigenvalue weighted by molar-refractivity contribution is 6.22. The molecule has 4 atom stereocenters. The minimum atomic E-state index is -0.177. The van der Waals surface area contributed by atoms with E-state index in [0.717, 1.165) is 6.42 Å². The molecule has 1 saturated heterocycles. The minimum absolute atomic E-state index is 0.0759. The van der Waals surface area contributed by atoms with Crippen LogP contribution in [0.2, 0.25) is 0 Å². The molecular weight excluding hydrogens is 314 g/mol. The first-order chi connectivity index (χ1) is 12.1. The van der Waals surface area contributed by atoms with E-state index in [-0.39, 0.29) is 35.5 Å². The molecule has 0 N–H and O–H groups in total. The third-order valence-corrected chi connectivity index (χ3v) is 5.92. The number of allylic oxidation sites excluding steroid dienone is 2. The van der Waals surface area contributed by atoms with Gasteiger partial charge in [-0.3, -0.25) is 14.3 Å². The summed E-state index contributed by atoms with van der Waals surface area (Å²) in [6, 6.07) is 9.92. The lowest BCUT2D eigenvalue weighted by Gasteiger charge is -2.14. The maximum Gasteiger partial charge on any atom is 0.239 e. The molecule has 5 rings (SSSR count). The molecule has 2 amide bonds. The molecule has 2 bridgehead atoms. The number of benzene rings is 1. The van der Waals surface area contributed by atoms with Gasteiger partial charge in [-0.1, -0.05) is 36.4 Å². The number of anilines is 1. The maximum absolute atomic E-state index is 12.8. The van der Waals surface area contributed by atoms with Crippen molar-refractivity contribution in [3.8, 4) is 0 Å². The Kier molecular flexibility index (Phi) is 3.02. The molecule has 0 radical (unpaired) electrons. The Bertz CT molecular complexity index is 883. The first kappa shape index (κ1) is 14.6. The highest BCUT2D eigenvalue weighted by Crippen LogP contribution is 2.53. The third-order valence-electron chi connectivity index (χ3n) is 5.92. The van der Waals surface area contributed by atoms with Gasteiger partial charge in [0.15, 0.2) is 5.82 Å². The van der Waals surface area contributed by atoms with Crippen molar-refractivity contribution >= 4 is 17.6 Å². The summed E-state index contributed by atoms with van der Waals surface area (Å²) in [6.45, 7) is 2.69. The van der Waals surface area contributed by atoms with E-state index >= 15 is 0 Å². The van der Waals surface area contributed by atoms with E-state index in [1.807, 2.05) is 18.3 Å². The molecule has 2 aliphatic carbocycles. The van der Waals surface area contributed by atoms with Gasteiger partial charge in [0, 0.05) is 12.3 Å². The smallest absolute Gasteiger partial charge is 0.239 e. The van der Waals surface area contributed by atoms with Crippen LogP contribution in [0.15, 0.2) is 48.7 Å². The summed E-state index contributed by atoms with van der Waals surface area (Å²) in [6.07, 6.45) is 7.00. The van der Waals surface area contributed by atoms with Gasteiger partial charge in [0.05, 0.1) is 18.4 Å². The van der Waals surface area contributed by atoms with Gasteiger partial charge in [0.1, 0.15) is 0 Å². The minimum Gasteiger partial charge on any atom is -0.274 e. The zero-order valence-electron chi connectivity index (χ0n) is 14.0. The number of nitrogens with zero attached hydrogens (tertiary/aromatic N) is 3. The number of imide groups is 1. The Morgan fingerprint density at radius 2 is 1.72 bits per heavy atom. The molecule has 1 aromatic heterocycles. The molecule has 2 fully saturated rings. The Labute approximate surface area is 145 Å². The van der Waals surface area contributed by atoms with Gasteiger partial charge in [0.25, 0.3) is 0 Å². The Morgan fingerprint density at radius 1 is 1.04 bits per heavy atom. The van der Waals surface area contributed by atoms with Crippen LogP contribution < -0.4 is 4.90 Å². The van der Waals surface area contributed by atoms with Crippen molar-refractivity contribution in [3.05, 3.63) is 59.8 Å². The Hall–Kier alpha value is -2.69. The van der Waals surface area contributed by atoms with Crippen LogP contribution in [-0.4, -0.2) is 21.6 Å². The van der Waals surface area contributed by atoms with E-state index in [9.17, 15) is 9.59 Å². The SMILES string of the molecule is Cc1ccccc1Cn1ccc(N2C(=O)C3C4C=CC(C4)C3C2=O)n1. The van der Waals surface area contributed by atoms with Crippen molar-refractivity contribution in [1.82, 2.24) is 9.78 Å². The number of hydrogen-bond donors (Lipinski definition) is 0. The molecule has 5 nitrogen and oxygen atoms in total. The van der Waals surface area contributed by atoms with Crippen molar-refractivity contribution in [2.24, 2.45) is 23.7 Å². The van der Waals surface area contributed by atoms with Crippen LogP contribution in [0.25, 0.3) is 0 Å². The number of amides is 2. The molecule has 1 saturated carbocycles. The summed E-state index contributed by atoms with van der Waals surface area (Å²) in [4.78, 5) is 27.0. The molecule has 1 aliphatic heterocycles. The number of carbonyl (C=O) groups excluding carboxylic acids is 2. The zero-order valence-corrected chi connectivity index (χ0v) is 14.0. The number of aromatic nitrogens is 2. The van der Waals surface area contributed by atoms with Gasteiger partial charge in [-0.15, -0.1) is 0 Å². The quantitative estimate of drug-likeness (QED) is 0.641. The summed E-state index contributed by atoms with van der Waals surface area (Å²) >= 11 is 0. The number of rotatable bonds is 3. The average molecular weight is 333 g/mol. The fourth-order valence-electron chi connectivity index (χ4n) is 4.65. The maximum atomic E-state index is 12.8. The molecule has 3 aliphatic rings. The lowest BCUT2D eigenvalue weighted by molar-refractivity contribution is -0.123. The highest BCUT2D eigenvalue weighted by Gasteiger charge is 2.59. The van der Waals surface area contributed by atoms with Gasteiger partial charge in [-0.05, 0) is 36.3 Å². The molecule has 25 heavy (non-hydrogen) atoms. The standard InChI is InChI=1S/C20H19N3O2/c1-12-4-2-3-5-15(12)11-22-9-8-16(21-22)23-19(24)17-13-6-7-14(10-13)18(17)20(23)25/h2-9,13-14,17-18H,10-11H2,1H3. The van der Waals surface area contributed by atoms with E-state index < -0.39 is 0 Å². The molecule has 0 spiro atoms. The van der Waals surface area contributed by atoms with E-state index in [1.54, 1.807) is 10.7 Å². The van der Waals surface area contributed by atoms with Gasteiger partial charge >= 0.3 is 0 Å². The highest BCUT2D eigenvalue weighted by atomic mass is 16.2. The lowest BCUT2D eigenvalue weighted by Crippen LogP contribution is -2.33. The third kappa shape index (κ3) is 2.05. The molecule has 4 unspecified atom stereocenters. The van der Waals surface area contributed by atoms with Crippen LogP contribution >= 0.6 is 0 Å². The van der Waals surface area contributed by atoms with Crippen molar-refractivity contribution in [2.75, 3.05) is 4.90 Å². The summed E-state index contributed by atoms with van der Waals surface area (Å²) in [5.74, 6) is 0.405. The molecule has 2 aromatic rings. The second-order valence-electron chi connectivity index (χ2n) is 7.31. The second kappa shape index (κ2) is 5.15. The van der Waals surface area contributed by atoms with Gasteiger partial charge in [0.2, 0.25) is 11.8 Å². The zero-order chi connectivity index (χ0) is 17.1. The average Bonchev–Trinajstić information content (AvgIpc) is 3.35. The fourth-order valence-corrected chi connectivity index (χ4v) is 4.65. The van der Waals surface area contributed by atoms with Crippen LogP contribution in [0, 0.1) is 30.6 Å². The monoisotopic (exact) mass is 333 g/mol. The van der Waals surface area contributed by atoms with Crippen LogP contribution in [0.3, 0.4) is 0 Å². The first-order valence-electron chi connectivity index (χ1n) is 8.77. The molecule has 1 aromatic carbocycles. The van der Waals surface area contributed by atoms with Crippen LogP contribution in [0.1, 0.15) is 17.5 Å². The van der Waals surface area contributed by atoms with Crippen LogP contribution in [-0.2, 0) is 16.1 Å². The van der Waals surface area contributed by atoms with E-state index in [2.05, 4.69) is 36.3 Å².